The highest BCUT2D eigenvalue weighted by molar-refractivity contribution is 9.10. The minimum absolute atomic E-state index is 0.270. The molecule has 0 aliphatic carbocycles. The smallest absolute Gasteiger partial charge is 0.0460 e. The van der Waals surface area contributed by atoms with Crippen LogP contribution >= 0.6 is 15.9 Å². The van der Waals surface area contributed by atoms with Gasteiger partial charge in [0.1, 0.15) is 0 Å². The Kier molecular flexibility index (Phi) is 6.03. The summed E-state index contributed by atoms with van der Waals surface area (Å²) in [5, 5.41) is 0. The molecule has 0 aliphatic rings. The van der Waals surface area contributed by atoms with E-state index in [1.807, 2.05) is 0 Å². The number of nitrogens with one attached hydrogen (secondary N) is 1. The summed E-state index contributed by atoms with van der Waals surface area (Å²) in [5.74, 6) is 6.36. The van der Waals surface area contributed by atoms with E-state index < -0.39 is 0 Å². The maximum Gasteiger partial charge on any atom is 0.0460 e. The molecule has 1 aromatic rings. The van der Waals surface area contributed by atoms with Crippen LogP contribution in [0.1, 0.15) is 44.7 Å². The summed E-state index contributed by atoms with van der Waals surface area (Å²) in [5.41, 5.74) is 4.15. The summed E-state index contributed by atoms with van der Waals surface area (Å²) >= 11 is 3.44. The summed E-state index contributed by atoms with van der Waals surface area (Å²) in [6.07, 6.45) is 3.56. The van der Waals surface area contributed by atoms with Crippen LogP contribution in [0.4, 0.5) is 0 Å². The molecule has 3 heteroatoms. The van der Waals surface area contributed by atoms with Crippen molar-refractivity contribution in [2.45, 2.75) is 39.2 Å². The van der Waals surface area contributed by atoms with Crippen molar-refractivity contribution in [1.82, 2.24) is 5.43 Å². The van der Waals surface area contributed by atoms with E-state index >= 15 is 0 Å². The monoisotopic (exact) mass is 284 g/mol. The van der Waals surface area contributed by atoms with Crippen LogP contribution in [-0.2, 0) is 0 Å². The van der Waals surface area contributed by atoms with Gasteiger partial charge in [-0.1, -0.05) is 54.8 Å². The largest absolute Gasteiger partial charge is 0.271 e. The van der Waals surface area contributed by atoms with Crippen LogP contribution < -0.4 is 11.3 Å². The first-order valence-electron chi connectivity index (χ1n) is 5.85. The number of hydrazine groups is 1. The third-order valence-corrected chi connectivity index (χ3v) is 3.28. The van der Waals surface area contributed by atoms with E-state index in [9.17, 15) is 0 Å². The summed E-state index contributed by atoms with van der Waals surface area (Å²) in [7, 11) is 0. The van der Waals surface area contributed by atoms with Gasteiger partial charge in [0.25, 0.3) is 0 Å². The normalized spacial score (nSPS) is 13.1. The Balaban J connectivity index is 2.50. The Morgan fingerprint density at radius 1 is 1.19 bits per heavy atom. The van der Waals surface area contributed by atoms with Gasteiger partial charge in [0.05, 0.1) is 0 Å². The van der Waals surface area contributed by atoms with Gasteiger partial charge in [-0.2, -0.15) is 0 Å². The number of hydrogen-bond donors (Lipinski definition) is 2. The molecule has 16 heavy (non-hydrogen) atoms. The SMILES string of the molecule is CC(C)CCCC(NN)c1ccc(Br)cc1. The molecule has 1 aromatic carbocycles. The molecular formula is C13H21BrN2. The van der Waals surface area contributed by atoms with Crippen molar-refractivity contribution in [2.75, 3.05) is 0 Å². The second-order valence-electron chi connectivity index (χ2n) is 4.60. The van der Waals surface area contributed by atoms with Crippen molar-refractivity contribution < 1.29 is 0 Å². The van der Waals surface area contributed by atoms with Crippen molar-refractivity contribution in [3.8, 4) is 0 Å². The zero-order chi connectivity index (χ0) is 12.0. The predicted molar refractivity (Wildman–Crippen MR) is 72.9 cm³/mol. The van der Waals surface area contributed by atoms with E-state index in [4.69, 9.17) is 5.84 Å². The minimum atomic E-state index is 0.270. The molecule has 0 heterocycles. The van der Waals surface area contributed by atoms with E-state index in [1.54, 1.807) is 0 Å². The molecule has 0 bridgehead atoms. The molecule has 0 saturated heterocycles. The van der Waals surface area contributed by atoms with Crippen molar-refractivity contribution in [3.63, 3.8) is 0 Å². The first-order valence-corrected chi connectivity index (χ1v) is 6.64. The molecule has 0 fully saturated rings. The summed E-state index contributed by atoms with van der Waals surface area (Å²) < 4.78 is 1.11. The Bertz CT molecular complexity index is 295. The Morgan fingerprint density at radius 2 is 1.81 bits per heavy atom. The van der Waals surface area contributed by atoms with Gasteiger partial charge in [-0.25, -0.2) is 0 Å². The van der Waals surface area contributed by atoms with Gasteiger partial charge >= 0.3 is 0 Å². The lowest BCUT2D eigenvalue weighted by molar-refractivity contribution is 0.455. The van der Waals surface area contributed by atoms with E-state index in [2.05, 4.69) is 59.5 Å². The lowest BCUT2D eigenvalue weighted by Crippen LogP contribution is -2.28. The molecule has 1 unspecified atom stereocenters. The molecule has 1 rings (SSSR count). The van der Waals surface area contributed by atoms with E-state index in [1.165, 1.54) is 18.4 Å². The van der Waals surface area contributed by atoms with Crippen LogP contribution in [0.5, 0.6) is 0 Å². The van der Waals surface area contributed by atoms with Gasteiger partial charge in [-0.05, 0) is 30.0 Å². The fourth-order valence-electron chi connectivity index (χ4n) is 1.77. The van der Waals surface area contributed by atoms with Crippen molar-refractivity contribution in [1.29, 1.82) is 0 Å². The standard InChI is InChI=1S/C13H21BrN2/c1-10(2)4-3-5-13(16-15)11-6-8-12(14)9-7-11/h6-10,13,16H,3-5,15H2,1-2H3. The lowest BCUT2D eigenvalue weighted by Gasteiger charge is -2.16. The third kappa shape index (κ3) is 4.64. The molecule has 1 atom stereocenters. The number of rotatable bonds is 6. The topological polar surface area (TPSA) is 38.0 Å². The molecule has 0 amide bonds. The molecule has 90 valence electrons. The fraction of sp³-hybridized carbons (Fsp3) is 0.538. The molecular weight excluding hydrogens is 264 g/mol. The maximum absolute atomic E-state index is 5.60. The molecule has 0 saturated carbocycles. The summed E-state index contributed by atoms with van der Waals surface area (Å²) in [6, 6.07) is 8.62. The van der Waals surface area contributed by atoms with Crippen molar-refractivity contribution in [2.24, 2.45) is 11.8 Å². The Labute approximate surface area is 107 Å². The highest BCUT2D eigenvalue weighted by atomic mass is 79.9. The summed E-state index contributed by atoms with van der Waals surface area (Å²) in [6.45, 7) is 4.51. The number of benzene rings is 1. The molecule has 0 aliphatic heterocycles. The number of hydrogen-bond acceptors (Lipinski definition) is 2. The van der Waals surface area contributed by atoms with Gasteiger partial charge in [0.2, 0.25) is 0 Å². The summed E-state index contributed by atoms with van der Waals surface area (Å²) in [4.78, 5) is 0. The predicted octanol–water partition coefficient (Wildman–Crippen LogP) is 3.78. The maximum atomic E-state index is 5.60. The first-order chi connectivity index (χ1) is 7.63. The lowest BCUT2D eigenvalue weighted by atomic mass is 9.98. The van der Waals surface area contributed by atoms with Gasteiger partial charge < -0.3 is 0 Å². The van der Waals surface area contributed by atoms with Crippen LogP contribution in [0.2, 0.25) is 0 Å². The molecule has 0 aromatic heterocycles. The van der Waals surface area contributed by atoms with Gasteiger partial charge in [0, 0.05) is 10.5 Å². The first kappa shape index (κ1) is 13.7. The molecule has 0 radical (unpaired) electrons. The molecule has 2 nitrogen and oxygen atoms in total. The zero-order valence-electron chi connectivity index (χ0n) is 10.0. The quantitative estimate of drug-likeness (QED) is 0.616. The highest BCUT2D eigenvalue weighted by Gasteiger charge is 2.09. The molecule has 3 N–H and O–H groups in total. The van der Waals surface area contributed by atoms with Crippen LogP contribution in [0, 0.1) is 5.92 Å². The van der Waals surface area contributed by atoms with Crippen LogP contribution in [0.15, 0.2) is 28.7 Å². The molecule has 0 spiro atoms. The Hall–Kier alpha value is -0.380. The van der Waals surface area contributed by atoms with E-state index in [0.29, 0.717) is 0 Å². The Morgan fingerprint density at radius 3 is 2.31 bits per heavy atom. The highest BCUT2D eigenvalue weighted by Crippen LogP contribution is 2.21. The van der Waals surface area contributed by atoms with Crippen LogP contribution in [-0.4, -0.2) is 0 Å². The second-order valence-corrected chi connectivity index (χ2v) is 5.51. The van der Waals surface area contributed by atoms with Gasteiger partial charge in [0.15, 0.2) is 0 Å². The minimum Gasteiger partial charge on any atom is -0.271 e. The van der Waals surface area contributed by atoms with E-state index in [0.717, 1.165) is 16.8 Å². The van der Waals surface area contributed by atoms with Gasteiger partial charge in [-0.3, -0.25) is 11.3 Å². The second kappa shape index (κ2) is 7.05. The fourth-order valence-corrected chi connectivity index (χ4v) is 2.04. The van der Waals surface area contributed by atoms with Crippen LogP contribution in [0.25, 0.3) is 0 Å². The van der Waals surface area contributed by atoms with Gasteiger partial charge in [-0.15, -0.1) is 0 Å². The van der Waals surface area contributed by atoms with Crippen molar-refractivity contribution in [3.05, 3.63) is 34.3 Å². The zero-order valence-corrected chi connectivity index (χ0v) is 11.6. The van der Waals surface area contributed by atoms with Crippen LogP contribution in [0.3, 0.4) is 0 Å². The average Bonchev–Trinajstić information content (AvgIpc) is 2.26. The average molecular weight is 285 g/mol. The van der Waals surface area contributed by atoms with Crippen molar-refractivity contribution >= 4 is 15.9 Å². The van der Waals surface area contributed by atoms with E-state index in [-0.39, 0.29) is 6.04 Å². The number of halogens is 1. The third-order valence-electron chi connectivity index (χ3n) is 2.75. The number of nitrogens with two attached hydrogens (primary N) is 1.